The van der Waals surface area contributed by atoms with E-state index >= 15 is 0 Å². The Hall–Kier alpha value is -3.00. The minimum atomic E-state index is -4.22. The molecule has 1 aromatic heterocycles. The third-order valence-corrected chi connectivity index (χ3v) is 6.44. The Bertz CT molecular complexity index is 1060. The number of nitriles is 1. The molecule has 2 amide bonds. The highest BCUT2D eigenvalue weighted by atomic mass is 32.2. The molecule has 2 saturated heterocycles. The van der Waals surface area contributed by atoms with Crippen LogP contribution in [0.15, 0.2) is 30.5 Å². The number of hydrogen-bond donors (Lipinski definition) is 1. The van der Waals surface area contributed by atoms with Crippen LogP contribution in [0.3, 0.4) is 0 Å². The number of aromatic nitrogens is 1. The smallest absolute Gasteiger partial charge is 0.370 e. The molecule has 7 nitrogen and oxygen atoms in total. The van der Waals surface area contributed by atoms with E-state index in [-0.39, 0.29) is 31.1 Å². The van der Waals surface area contributed by atoms with Crippen molar-refractivity contribution in [2.45, 2.75) is 12.2 Å². The number of rotatable bonds is 4. The van der Waals surface area contributed by atoms with Gasteiger partial charge in [0.1, 0.15) is 6.04 Å². The van der Waals surface area contributed by atoms with Crippen LogP contribution < -0.4 is 10.2 Å². The van der Waals surface area contributed by atoms with Gasteiger partial charge >= 0.3 is 6.18 Å². The molecule has 1 N–H and O–H groups in total. The third kappa shape index (κ3) is 4.25. The number of alkyl halides is 3. The first kappa shape index (κ1) is 21.2. The van der Waals surface area contributed by atoms with Crippen molar-refractivity contribution in [3.8, 4) is 6.07 Å². The van der Waals surface area contributed by atoms with E-state index in [2.05, 4.69) is 16.4 Å². The minimum Gasteiger partial charge on any atom is -0.370 e. The predicted molar refractivity (Wildman–Crippen MR) is 109 cm³/mol. The largest absolute Gasteiger partial charge is 0.395 e. The second-order valence-electron chi connectivity index (χ2n) is 7.39. The van der Waals surface area contributed by atoms with Gasteiger partial charge in [0.25, 0.3) is 5.91 Å². The molecule has 0 aliphatic carbocycles. The van der Waals surface area contributed by atoms with Crippen LogP contribution in [-0.4, -0.2) is 65.2 Å². The highest BCUT2D eigenvalue weighted by Gasteiger charge is 2.47. The number of nitrogens with one attached hydrogen (secondary N) is 1. The summed E-state index contributed by atoms with van der Waals surface area (Å²) in [5.41, 5.74) is 1.38. The van der Waals surface area contributed by atoms with E-state index in [0.717, 1.165) is 0 Å². The number of anilines is 1. The predicted octanol–water partition coefficient (Wildman–Crippen LogP) is 2.39. The zero-order valence-corrected chi connectivity index (χ0v) is 17.0. The fraction of sp³-hybridized carbons (Fsp3) is 0.400. The average molecular weight is 449 g/mol. The Kier molecular flexibility index (Phi) is 5.66. The quantitative estimate of drug-likeness (QED) is 0.771. The number of nitrogens with zero attached hydrogens (tertiary/aromatic N) is 4. The van der Waals surface area contributed by atoms with Gasteiger partial charge in [-0.1, -0.05) is 0 Å². The van der Waals surface area contributed by atoms with Gasteiger partial charge in [0.2, 0.25) is 5.91 Å². The average Bonchev–Trinajstić information content (AvgIpc) is 3.18. The van der Waals surface area contributed by atoms with Gasteiger partial charge in [-0.25, -0.2) is 0 Å². The molecule has 0 saturated carbocycles. The Morgan fingerprint density at radius 2 is 2.06 bits per heavy atom. The van der Waals surface area contributed by atoms with Crippen molar-refractivity contribution in [3.05, 3.63) is 36.0 Å². The van der Waals surface area contributed by atoms with Crippen molar-refractivity contribution in [2.75, 3.05) is 36.2 Å². The normalized spacial score (nSPS) is 19.2. The van der Waals surface area contributed by atoms with Crippen LogP contribution in [0.1, 0.15) is 10.4 Å². The van der Waals surface area contributed by atoms with Gasteiger partial charge in [0.05, 0.1) is 35.5 Å². The van der Waals surface area contributed by atoms with Crippen LogP contribution in [0, 0.1) is 17.2 Å². The van der Waals surface area contributed by atoms with E-state index in [9.17, 15) is 22.8 Å². The van der Waals surface area contributed by atoms with E-state index in [1.54, 1.807) is 23.1 Å². The van der Waals surface area contributed by atoms with Gasteiger partial charge in [-0.3, -0.25) is 14.6 Å². The number of benzene rings is 1. The highest BCUT2D eigenvalue weighted by Crippen LogP contribution is 2.37. The van der Waals surface area contributed by atoms with Crippen LogP contribution in [0.25, 0.3) is 10.9 Å². The summed E-state index contributed by atoms with van der Waals surface area (Å²) < 4.78 is 38.3. The fourth-order valence-electron chi connectivity index (χ4n) is 3.57. The summed E-state index contributed by atoms with van der Waals surface area (Å²) in [5.74, 6) is -1.24. The van der Waals surface area contributed by atoms with Gasteiger partial charge in [-0.05, 0) is 24.3 Å². The van der Waals surface area contributed by atoms with Crippen LogP contribution >= 0.6 is 11.8 Å². The van der Waals surface area contributed by atoms with Gasteiger partial charge in [-0.2, -0.15) is 18.4 Å². The van der Waals surface area contributed by atoms with Crippen LogP contribution in [0.4, 0.5) is 18.9 Å². The van der Waals surface area contributed by atoms with E-state index in [1.807, 2.05) is 0 Å². The van der Waals surface area contributed by atoms with Crippen molar-refractivity contribution in [3.63, 3.8) is 0 Å². The number of pyridine rings is 1. The molecule has 2 aliphatic rings. The number of amides is 2. The molecule has 31 heavy (non-hydrogen) atoms. The molecular formula is C20H18F3N5O2S. The van der Waals surface area contributed by atoms with E-state index in [4.69, 9.17) is 5.26 Å². The second-order valence-corrected chi connectivity index (χ2v) is 8.39. The number of carbonyl (C=O) groups excluding carboxylic acids is 2. The Morgan fingerprint density at radius 1 is 1.29 bits per heavy atom. The van der Waals surface area contributed by atoms with Crippen molar-refractivity contribution in [2.24, 2.45) is 5.92 Å². The lowest BCUT2D eigenvalue weighted by Gasteiger charge is -2.41. The summed E-state index contributed by atoms with van der Waals surface area (Å²) in [6, 6.07) is 8.05. The molecule has 1 aromatic carbocycles. The van der Waals surface area contributed by atoms with Crippen molar-refractivity contribution in [1.29, 1.82) is 5.26 Å². The van der Waals surface area contributed by atoms with Crippen molar-refractivity contribution in [1.82, 2.24) is 15.2 Å². The number of thioether (sulfide) groups is 1. The number of carbonyl (C=O) groups is 2. The Morgan fingerprint density at radius 3 is 2.77 bits per heavy atom. The summed E-state index contributed by atoms with van der Waals surface area (Å²) in [5, 5.41) is 12.2. The highest BCUT2D eigenvalue weighted by molar-refractivity contribution is 7.99. The summed E-state index contributed by atoms with van der Waals surface area (Å²) in [7, 11) is 0. The first-order chi connectivity index (χ1) is 14.8. The summed E-state index contributed by atoms with van der Waals surface area (Å²) in [6.45, 7) is -0.501. The van der Waals surface area contributed by atoms with E-state index in [0.29, 0.717) is 28.2 Å². The van der Waals surface area contributed by atoms with Gasteiger partial charge in [-0.15, -0.1) is 11.8 Å². The molecule has 4 rings (SSSR count). The van der Waals surface area contributed by atoms with Gasteiger partial charge < -0.3 is 15.1 Å². The Balaban J connectivity index is 1.48. The SMILES string of the molecule is N#C[C@@H]1CSCN1C(=O)CNC(=O)c1ccnc2ccc(N3CC(C(F)(F)F)C3)cc12. The zero-order valence-electron chi connectivity index (χ0n) is 16.2. The van der Waals surface area contributed by atoms with Crippen LogP contribution in [0.2, 0.25) is 0 Å². The lowest BCUT2D eigenvalue weighted by atomic mass is 9.98. The molecule has 2 aliphatic heterocycles. The third-order valence-electron chi connectivity index (χ3n) is 5.43. The first-order valence-electron chi connectivity index (χ1n) is 9.53. The van der Waals surface area contributed by atoms with E-state index < -0.39 is 24.0 Å². The molecule has 0 radical (unpaired) electrons. The maximum absolute atomic E-state index is 12.8. The molecule has 3 heterocycles. The molecule has 0 spiro atoms. The van der Waals surface area contributed by atoms with Crippen LogP contribution in [0.5, 0.6) is 0 Å². The lowest BCUT2D eigenvalue weighted by Crippen LogP contribution is -2.53. The zero-order chi connectivity index (χ0) is 22.2. The first-order valence-corrected chi connectivity index (χ1v) is 10.7. The van der Waals surface area contributed by atoms with E-state index in [1.165, 1.54) is 28.9 Å². The Labute approximate surface area is 180 Å². The molecule has 0 bridgehead atoms. The molecular weight excluding hydrogens is 431 g/mol. The maximum Gasteiger partial charge on any atom is 0.395 e. The molecule has 11 heteroatoms. The van der Waals surface area contributed by atoms with Gasteiger partial charge in [0.15, 0.2) is 0 Å². The minimum absolute atomic E-state index is 0.126. The van der Waals surface area contributed by atoms with Crippen LogP contribution in [-0.2, 0) is 4.79 Å². The second kappa shape index (κ2) is 8.26. The summed E-state index contributed by atoms with van der Waals surface area (Å²) in [6.07, 6.45) is -2.75. The molecule has 1 atom stereocenters. The van der Waals surface area contributed by atoms with Crippen molar-refractivity contribution < 1.29 is 22.8 Å². The fourth-order valence-corrected chi connectivity index (χ4v) is 4.68. The lowest BCUT2D eigenvalue weighted by molar-refractivity contribution is -0.180. The standard InChI is InChI=1S/C20H18F3N5O2S/c21-20(22,23)12-8-27(9-12)13-1-2-17-16(5-13)15(3-4-25-17)19(30)26-7-18(29)28-11-31-10-14(28)6-24/h1-5,12,14H,7-11H2,(H,26,30)/t14-/m1/s1. The summed E-state index contributed by atoms with van der Waals surface area (Å²) in [4.78, 5) is 32.3. The summed E-state index contributed by atoms with van der Waals surface area (Å²) >= 11 is 1.48. The van der Waals surface area contributed by atoms with Gasteiger partial charge in [0, 0.05) is 36.1 Å². The molecule has 2 fully saturated rings. The number of hydrogen-bond acceptors (Lipinski definition) is 6. The molecule has 162 valence electrons. The molecule has 0 unspecified atom stereocenters. The molecule has 2 aromatic rings. The van der Waals surface area contributed by atoms with Crippen molar-refractivity contribution >= 4 is 40.2 Å². The number of fused-ring (bicyclic) bond motifs is 1. The number of halogens is 3. The maximum atomic E-state index is 12.8. The monoisotopic (exact) mass is 449 g/mol. The topological polar surface area (TPSA) is 89.3 Å².